The lowest BCUT2D eigenvalue weighted by atomic mass is 9.94. The van der Waals surface area contributed by atoms with E-state index in [9.17, 15) is 14.6 Å². The molecule has 0 spiro atoms. The number of aryl methyl sites for hydroxylation is 3. The summed E-state index contributed by atoms with van der Waals surface area (Å²) in [6.07, 6.45) is 1.39. The van der Waals surface area contributed by atoms with Gasteiger partial charge in [0.2, 0.25) is 7.37 Å². The summed E-state index contributed by atoms with van der Waals surface area (Å²) in [5.74, 6) is 0.955. The highest BCUT2D eigenvalue weighted by atomic mass is 31.2. The van der Waals surface area contributed by atoms with E-state index in [-0.39, 0.29) is 6.35 Å². The standard InChI is InChI=1S/C19H25O4P/c1-5-16-10-15(6-7-19(16)20)11-18-13(2)8-17(9-14(18)3)23-12-24(4,21)22/h6-10,20H,5,11-12H2,1-4H3,(H,21,22). The molecule has 0 radical (unpaired) electrons. The molecule has 0 aliphatic carbocycles. The Bertz CT molecular complexity index is 754. The van der Waals surface area contributed by atoms with Crippen LogP contribution in [0.2, 0.25) is 0 Å². The minimum Gasteiger partial charge on any atom is -0.508 e. The predicted molar refractivity (Wildman–Crippen MR) is 97.5 cm³/mol. The predicted octanol–water partition coefficient (Wildman–Crippen LogP) is 4.40. The molecule has 2 aromatic rings. The van der Waals surface area contributed by atoms with Crippen molar-refractivity contribution in [3.63, 3.8) is 0 Å². The van der Waals surface area contributed by atoms with Crippen molar-refractivity contribution < 1.29 is 19.3 Å². The molecular formula is C19H25O4P. The molecule has 2 rings (SSSR count). The average Bonchev–Trinajstić information content (AvgIpc) is 2.49. The van der Waals surface area contributed by atoms with Crippen LogP contribution in [0.1, 0.15) is 34.7 Å². The lowest BCUT2D eigenvalue weighted by Crippen LogP contribution is -2.01. The molecule has 0 aliphatic rings. The molecule has 24 heavy (non-hydrogen) atoms. The lowest BCUT2D eigenvalue weighted by molar-refractivity contribution is 0.352. The maximum atomic E-state index is 11.4. The van der Waals surface area contributed by atoms with Crippen LogP contribution in [0.25, 0.3) is 0 Å². The highest BCUT2D eigenvalue weighted by Crippen LogP contribution is 2.36. The fourth-order valence-electron chi connectivity index (χ4n) is 2.75. The number of phenols is 1. The normalized spacial score (nSPS) is 13.5. The molecule has 1 unspecified atom stereocenters. The molecule has 5 heteroatoms. The van der Waals surface area contributed by atoms with E-state index in [1.54, 1.807) is 6.07 Å². The second-order valence-electron chi connectivity index (χ2n) is 6.35. The van der Waals surface area contributed by atoms with Crippen molar-refractivity contribution in [1.82, 2.24) is 0 Å². The highest BCUT2D eigenvalue weighted by Gasteiger charge is 2.13. The molecule has 4 nitrogen and oxygen atoms in total. The molecule has 0 aromatic heterocycles. The topological polar surface area (TPSA) is 66.8 Å². The van der Waals surface area contributed by atoms with Crippen molar-refractivity contribution in [2.75, 3.05) is 13.0 Å². The van der Waals surface area contributed by atoms with Crippen molar-refractivity contribution in [3.8, 4) is 11.5 Å². The largest absolute Gasteiger partial charge is 0.508 e. The van der Waals surface area contributed by atoms with Crippen LogP contribution in [0.15, 0.2) is 30.3 Å². The van der Waals surface area contributed by atoms with Gasteiger partial charge in [-0.1, -0.05) is 19.1 Å². The minimum atomic E-state index is -3.19. The number of phenolic OH excluding ortho intramolecular Hbond substituents is 1. The molecule has 0 amide bonds. The number of hydrogen-bond acceptors (Lipinski definition) is 3. The Morgan fingerprint density at radius 1 is 1.12 bits per heavy atom. The summed E-state index contributed by atoms with van der Waals surface area (Å²) in [5, 5.41) is 9.81. The Labute approximate surface area is 143 Å². The summed E-state index contributed by atoms with van der Waals surface area (Å²) in [6.45, 7) is 7.34. The number of benzene rings is 2. The van der Waals surface area contributed by atoms with Gasteiger partial charge >= 0.3 is 0 Å². The lowest BCUT2D eigenvalue weighted by Gasteiger charge is -2.15. The van der Waals surface area contributed by atoms with Gasteiger partial charge in [0.25, 0.3) is 0 Å². The zero-order valence-electron chi connectivity index (χ0n) is 14.7. The molecule has 0 saturated carbocycles. The summed E-state index contributed by atoms with van der Waals surface area (Å²) in [4.78, 5) is 9.35. The van der Waals surface area contributed by atoms with E-state index in [0.717, 1.165) is 35.1 Å². The van der Waals surface area contributed by atoms with E-state index in [1.165, 1.54) is 12.2 Å². The summed E-state index contributed by atoms with van der Waals surface area (Å²) >= 11 is 0. The summed E-state index contributed by atoms with van der Waals surface area (Å²) < 4.78 is 16.8. The zero-order chi connectivity index (χ0) is 17.9. The van der Waals surface area contributed by atoms with Gasteiger partial charge in [-0.3, -0.25) is 4.57 Å². The van der Waals surface area contributed by atoms with Crippen molar-refractivity contribution in [1.29, 1.82) is 0 Å². The van der Waals surface area contributed by atoms with Gasteiger partial charge in [-0.2, -0.15) is 0 Å². The second kappa shape index (κ2) is 7.42. The van der Waals surface area contributed by atoms with Crippen molar-refractivity contribution >= 4 is 7.37 Å². The van der Waals surface area contributed by atoms with E-state index < -0.39 is 7.37 Å². The number of ether oxygens (including phenoxy) is 1. The third kappa shape index (κ3) is 4.86. The van der Waals surface area contributed by atoms with Crippen molar-refractivity contribution in [2.45, 2.75) is 33.6 Å². The summed E-state index contributed by atoms with van der Waals surface area (Å²) in [5.41, 5.74) is 5.47. The van der Waals surface area contributed by atoms with E-state index >= 15 is 0 Å². The number of hydrogen-bond donors (Lipinski definition) is 2. The Balaban J connectivity index is 2.24. The third-order valence-corrected chi connectivity index (χ3v) is 4.65. The van der Waals surface area contributed by atoms with Crippen LogP contribution in [0, 0.1) is 13.8 Å². The molecule has 0 saturated heterocycles. The first-order chi connectivity index (χ1) is 11.2. The van der Waals surface area contributed by atoms with E-state index in [2.05, 4.69) is 0 Å². The van der Waals surface area contributed by atoms with Gasteiger partial charge in [-0.25, -0.2) is 0 Å². The summed E-state index contributed by atoms with van der Waals surface area (Å²) in [6, 6.07) is 9.53. The first kappa shape index (κ1) is 18.6. The smallest absolute Gasteiger partial charge is 0.233 e. The Morgan fingerprint density at radius 2 is 1.75 bits per heavy atom. The van der Waals surface area contributed by atoms with Gasteiger partial charge in [0.05, 0.1) is 0 Å². The maximum Gasteiger partial charge on any atom is 0.233 e. The minimum absolute atomic E-state index is 0.178. The monoisotopic (exact) mass is 348 g/mol. The molecular weight excluding hydrogens is 323 g/mol. The van der Waals surface area contributed by atoms with Crippen LogP contribution in [-0.2, 0) is 17.4 Å². The Kier molecular flexibility index (Phi) is 5.74. The second-order valence-corrected chi connectivity index (χ2v) is 8.71. The molecule has 130 valence electrons. The first-order valence-corrected chi connectivity index (χ1v) is 10.3. The molecule has 0 heterocycles. The zero-order valence-corrected chi connectivity index (χ0v) is 15.6. The van der Waals surface area contributed by atoms with E-state index in [4.69, 9.17) is 4.74 Å². The summed E-state index contributed by atoms with van der Waals surface area (Å²) in [7, 11) is -3.19. The number of rotatable bonds is 6. The Hall–Kier alpha value is -1.77. The first-order valence-electron chi connectivity index (χ1n) is 8.02. The van der Waals surface area contributed by atoms with Gasteiger partial charge in [-0.15, -0.1) is 0 Å². The van der Waals surface area contributed by atoms with Gasteiger partial charge in [-0.05, 0) is 72.7 Å². The maximum absolute atomic E-state index is 11.4. The molecule has 0 fully saturated rings. The van der Waals surface area contributed by atoms with Crippen LogP contribution >= 0.6 is 7.37 Å². The van der Waals surface area contributed by atoms with Gasteiger partial charge < -0.3 is 14.7 Å². The fraction of sp³-hybridized carbons (Fsp3) is 0.368. The quantitative estimate of drug-likeness (QED) is 0.760. The highest BCUT2D eigenvalue weighted by molar-refractivity contribution is 7.56. The van der Waals surface area contributed by atoms with Crippen molar-refractivity contribution in [3.05, 3.63) is 58.1 Å². The molecule has 1 atom stereocenters. The third-order valence-electron chi connectivity index (χ3n) is 4.05. The molecule has 2 aromatic carbocycles. The molecule has 0 aliphatic heterocycles. The van der Waals surface area contributed by atoms with Gasteiger partial charge in [0, 0.05) is 6.66 Å². The Morgan fingerprint density at radius 3 is 2.29 bits per heavy atom. The van der Waals surface area contributed by atoms with Crippen LogP contribution in [0.3, 0.4) is 0 Å². The van der Waals surface area contributed by atoms with Crippen LogP contribution in [-0.4, -0.2) is 23.0 Å². The molecule has 0 bridgehead atoms. The van der Waals surface area contributed by atoms with Crippen LogP contribution in [0.5, 0.6) is 11.5 Å². The van der Waals surface area contributed by atoms with Gasteiger partial charge in [0.1, 0.15) is 11.5 Å². The average molecular weight is 348 g/mol. The van der Waals surface area contributed by atoms with Gasteiger partial charge in [0.15, 0.2) is 6.35 Å². The van der Waals surface area contributed by atoms with E-state index in [0.29, 0.717) is 11.5 Å². The van der Waals surface area contributed by atoms with E-state index in [1.807, 2.05) is 45.0 Å². The number of aromatic hydroxyl groups is 1. The SMILES string of the molecule is CCc1cc(Cc2c(C)cc(OCP(C)(=O)O)cc2C)ccc1O. The van der Waals surface area contributed by atoms with Crippen LogP contribution in [0.4, 0.5) is 0 Å². The fourth-order valence-corrected chi connectivity index (χ4v) is 3.13. The van der Waals surface area contributed by atoms with Crippen molar-refractivity contribution in [2.24, 2.45) is 0 Å². The van der Waals surface area contributed by atoms with Crippen LogP contribution < -0.4 is 4.74 Å². The molecule has 2 N–H and O–H groups in total.